The molecule has 6 heteroatoms. The van der Waals surface area contributed by atoms with Crippen molar-refractivity contribution in [1.29, 1.82) is 0 Å². The lowest BCUT2D eigenvalue weighted by Gasteiger charge is -2.19. The standard InChI is InChI=1S/C28H24N4O2/c33-27(29-23-16-18-25(19-17-23)32-31-24-14-8-3-9-15-24)20-26(21-10-4-1-5-11-21)30-28(34)22-12-6-2-7-13-22/h1-19,26H,20H2,(H,29,33)(H,30,34)/t26-/m1/s1. The highest BCUT2D eigenvalue weighted by molar-refractivity contribution is 5.95. The van der Waals surface area contributed by atoms with E-state index >= 15 is 0 Å². The Morgan fingerprint density at radius 2 is 1.18 bits per heavy atom. The number of carbonyl (C=O) groups is 2. The van der Waals surface area contributed by atoms with E-state index < -0.39 is 6.04 Å². The van der Waals surface area contributed by atoms with Crippen LogP contribution in [0, 0.1) is 0 Å². The molecule has 0 bridgehead atoms. The normalized spacial score (nSPS) is 11.6. The molecular formula is C28H24N4O2. The topological polar surface area (TPSA) is 82.9 Å². The monoisotopic (exact) mass is 448 g/mol. The average molecular weight is 449 g/mol. The Hall–Kier alpha value is -4.58. The zero-order chi connectivity index (χ0) is 23.6. The number of benzene rings is 4. The minimum absolute atomic E-state index is 0.0953. The highest BCUT2D eigenvalue weighted by atomic mass is 16.2. The first-order valence-electron chi connectivity index (χ1n) is 10.9. The van der Waals surface area contributed by atoms with Gasteiger partial charge in [-0.3, -0.25) is 9.59 Å². The molecule has 0 aliphatic heterocycles. The van der Waals surface area contributed by atoms with Crippen molar-refractivity contribution >= 4 is 28.9 Å². The van der Waals surface area contributed by atoms with Crippen LogP contribution in [0.1, 0.15) is 28.4 Å². The molecule has 0 saturated carbocycles. The van der Waals surface area contributed by atoms with E-state index in [1.165, 1.54) is 0 Å². The van der Waals surface area contributed by atoms with Crippen LogP contribution in [0.15, 0.2) is 125 Å². The highest BCUT2D eigenvalue weighted by Crippen LogP contribution is 2.22. The molecule has 0 aromatic heterocycles. The number of anilines is 1. The van der Waals surface area contributed by atoms with E-state index in [9.17, 15) is 9.59 Å². The third kappa shape index (κ3) is 6.46. The van der Waals surface area contributed by atoms with Gasteiger partial charge in [-0.2, -0.15) is 10.2 Å². The van der Waals surface area contributed by atoms with E-state index in [1.54, 1.807) is 36.4 Å². The van der Waals surface area contributed by atoms with Gasteiger partial charge in [0.25, 0.3) is 5.91 Å². The average Bonchev–Trinajstić information content (AvgIpc) is 2.89. The molecule has 4 aromatic carbocycles. The van der Waals surface area contributed by atoms with Crippen LogP contribution in [0.4, 0.5) is 17.1 Å². The zero-order valence-corrected chi connectivity index (χ0v) is 18.5. The van der Waals surface area contributed by atoms with Gasteiger partial charge >= 0.3 is 0 Å². The number of amides is 2. The molecule has 4 aromatic rings. The number of nitrogens with one attached hydrogen (secondary N) is 2. The second-order valence-electron chi connectivity index (χ2n) is 7.64. The van der Waals surface area contributed by atoms with Crippen LogP contribution in [0.25, 0.3) is 0 Å². The Kier molecular flexibility index (Phi) is 7.54. The van der Waals surface area contributed by atoms with Crippen LogP contribution in [0.5, 0.6) is 0 Å². The molecule has 6 nitrogen and oxygen atoms in total. The van der Waals surface area contributed by atoms with E-state index in [2.05, 4.69) is 20.9 Å². The summed E-state index contributed by atoms with van der Waals surface area (Å²) in [4.78, 5) is 25.5. The quantitative estimate of drug-likeness (QED) is 0.298. The summed E-state index contributed by atoms with van der Waals surface area (Å²) in [5, 5.41) is 14.3. The summed E-state index contributed by atoms with van der Waals surface area (Å²) in [7, 11) is 0. The Bertz CT molecular complexity index is 1240. The third-order valence-corrected chi connectivity index (χ3v) is 5.12. The number of hydrogen-bond acceptors (Lipinski definition) is 4. The number of rotatable bonds is 8. The minimum atomic E-state index is -0.465. The first-order chi connectivity index (χ1) is 16.7. The van der Waals surface area contributed by atoms with Gasteiger partial charge in [-0.1, -0.05) is 66.7 Å². The minimum Gasteiger partial charge on any atom is -0.345 e. The van der Waals surface area contributed by atoms with Gasteiger partial charge in [0.1, 0.15) is 0 Å². The second-order valence-corrected chi connectivity index (χ2v) is 7.64. The summed E-state index contributed by atoms with van der Waals surface area (Å²) in [6, 6.07) is 34.6. The lowest BCUT2D eigenvalue weighted by atomic mass is 10.0. The van der Waals surface area contributed by atoms with E-state index in [0.717, 1.165) is 11.3 Å². The van der Waals surface area contributed by atoms with Gasteiger partial charge in [0.05, 0.1) is 23.8 Å². The summed E-state index contributed by atoms with van der Waals surface area (Å²) in [5.74, 6) is -0.434. The van der Waals surface area contributed by atoms with Gasteiger partial charge in [0.15, 0.2) is 0 Å². The molecule has 0 spiro atoms. The molecule has 0 aliphatic rings. The first-order valence-corrected chi connectivity index (χ1v) is 10.9. The molecule has 0 saturated heterocycles. The van der Waals surface area contributed by atoms with Gasteiger partial charge < -0.3 is 10.6 Å². The fraction of sp³-hybridized carbons (Fsp3) is 0.0714. The first kappa shape index (κ1) is 22.6. The van der Waals surface area contributed by atoms with Crippen LogP contribution >= 0.6 is 0 Å². The van der Waals surface area contributed by atoms with Crippen molar-refractivity contribution in [2.24, 2.45) is 10.2 Å². The molecule has 2 amide bonds. The predicted molar refractivity (Wildman–Crippen MR) is 133 cm³/mol. The molecular weight excluding hydrogens is 424 g/mol. The molecule has 4 rings (SSSR count). The van der Waals surface area contributed by atoms with E-state index in [0.29, 0.717) is 16.9 Å². The largest absolute Gasteiger partial charge is 0.345 e. The molecule has 168 valence electrons. The van der Waals surface area contributed by atoms with Crippen molar-refractivity contribution in [2.45, 2.75) is 12.5 Å². The molecule has 2 N–H and O–H groups in total. The highest BCUT2D eigenvalue weighted by Gasteiger charge is 2.19. The van der Waals surface area contributed by atoms with Gasteiger partial charge in [0.2, 0.25) is 5.91 Å². The third-order valence-electron chi connectivity index (χ3n) is 5.12. The maximum absolute atomic E-state index is 12.8. The van der Waals surface area contributed by atoms with Gasteiger partial charge in [-0.05, 0) is 54.1 Å². The van der Waals surface area contributed by atoms with Crippen molar-refractivity contribution in [2.75, 3.05) is 5.32 Å². The molecule has 34 heavy (non-hydrogen) atoms. The molecule has 0 aliphatic carbocycles. The number of azo groups is 1. The summed E-state index contributed by atoms with van der Waals surface area (Å²) in [6.07, 6.45) is 0.0953. The maximum Gasteiger partial charge on any atom is 0.251 e. The molecule has 0 unspecified atom stereocenters. The van der Waals surface area contributed by atoms with Crippen molar-refractivity contribution in [3.63, 3.8) is 0 Å². The van der Waals surface area contributed by atoms with E-state index in [-0.39, 0.29) is 18.2 Å². The smallest absolute Gasteiger partial charge is 0.251 e. The Morgan fingerprint density at radius 1 is 0.647 bits per heavy atom. The number of nitrogens with zero attached hydrogens (tertiary/aromatic N) is 2. The predicted octanol–water partition coefficient (Wildman–Crippen LogP) is 6.60. The summed E-state index contributed by atoms with van der Waals surface area (Å²) < 4.78 is 0. The van der Waals surface area contributed by atoms with Crippen LogP contribution < -0.4 is 10.6 Å². The fourth-order valence-electron chi connectivity index (χ4n) is 3.39. The van der Waals surface area contributed by atoms with E-state index in [1.807, 2.05) is 78.9 Å². The van der Waals surface area contributed by atoms with E-state index in [4.69, 9.17) is 0 Å². The SMILES string of the molecule is O=C(C[C@@H](NC(=O)c1ccccc1)c1ccccc1)Nc1ccc(N=Nc2ccccc2)cc1. The van der Waals surface area contributed by atoms with Gasteiger partial charge in [-0.25, -0.2) is 0 Å². The number of hydrogen-bond donors (Lipinski definition) is 2. The second kappa shape index (κ2) is 11.3. The zero-order valence-electron chi connectivity index (χ0n) is 18.5. The van der Waals surface area contributed by atoms with Gasteiger partial charge in [-0.15, -0.1) is 0 Å². The fourth-order valence-corrected chi connectivity index (χ4v) is 3.39. The summed E-state index contributed by atoms with van der Waals surface area (Å²) in [6.45, 7) is 0. The van der Waals surface area contributed by atoms with Gasteiger partial charge in [0, 0.05) is 11.3 Å². The lowest BCUT2D eigenvalue weighted by molar-refractivity contribution is -0.116. The lowest BCUT2D eigenvalue weighted by Crippen LogP contribution is -2.31. The Balaban J connectivity index is 1.40. The van der Waals surface area contributed by atoms with Crippen molar-refractivity contribution in [3.8, 4) is 0 Å². The summed E-state index contributed by atoms with van der Waals surface area (Å²) >= 11 is 0. The molecule has 1 atom stereocenters. The Morgan fingerprint density at radius 3 is 1.79 bits per heavy atom. The molecule has 0 fully saturated rings. The maximum atomic E-state index is 12.8. The van der Waals surface area contributed by atoms with Crippen LogP contribution in [-0.4, -0.2) is 11.8 Å². The van der Waals surface area contributed by atoms with Crippen LogP contribution in [-0.2, 0) is 4.79 Å². The Labute approximate surface area is 198 Å². The summed E-state index contributed by atoms with van der Waals surface area (Å²) in [5.41, 5.74) is 3.50. The number of carbonyl (C=O) groups excluding carboxylic acids is 2. The molecule has 0 radical (unpaired) electrons. The van der Waals surface area contributed by atoms with Crippen LogP contribution in [0.2, 0.25) is 0 Å². The van der Waals surface area contributed by atoms with Crippen molar-refractivity contribution < 1.29 is 9.59 Å². The van der Waals surface area contributed by atoms with Crippen molar-refractivity contribution in [1.82, 2.24) is 5.32 Å². The molecule has 0 heterocycles. The van der Waals surface area contributed by atoms with Crippen LogP contribution in [0.3, 0.4) is 0 Å². The van der Waals surface area contributed by atoms with Crippen molar-refractivity contribution in [3.05, 3.63) is 126 Å².